The summed E-state index contributed by atoms with van der Waals surface area (Å²) in [6, 6.07) is 43.1. The third kappa shape index (κ3) is 9.64. The van der Waals surface area contributed by atoms with E-state index in [1.54, 1.807) is 16.7 Å². The summed E-state index contributed by atoms with van der Waals surface area (Å²) in [4.78, 5) is 36.8. The monoisotopic (exact) mass is 779 g/mol. The van der Waals surface area contributed by atoms with Gasteiger partial charge in [-0.1, -0.05) is 121 Å². The fourth-order valence-corrected chi connectivity index (χ4v) is 9.08. The minimum Gasteiger partial charge on any atom is -0.497 e. The van der Waals surface area contributed by atoms with Crippen LogP contribution in [0.3, 0.4) is 0 Å². The summed E-state index contributed by atoms with van der Waals surface area (Å²) in [6.07, 6.45) is 0.0908. The Morgan fingerprint density at radius 1 is 0.782 bits per heavy atom. The number of benzene rings is 5. The third-order valence-electron chi connectivity index (χ3n) is 9.46. The van der Waals surface area contributed by atoms with Crippen molar-refractivity contribution in [2.24, 2.45) is 0 Å². The highest BCUT2D eigenvalue weighted by Gasteiger charge is 2.42. The molecule has 0 spiro atoms. The molecule has 5 aromatic rings. The first kappa shape index (κ1) is 39.7. The zero-order valence-electron chi connectivity index (χ0n) is 30.7. The van der Waals surface area contributed by atoms with Crippen LogP contribution in [0.15, 0.2) is 150 Å². The fourth-order valence-electron chi connectivity index (χ4n) is 6.55. The predicted molar refractivity (Wildman–Crippen MR) is 214 cm³/mol. The molecule has 12 heteroatoms. The molecule has 1 heterocycles. The molecule has 6 rings (SSSR count). The van der Waals surface area contributed by atoms with E-state index >= 15 is 0 Å². The van der Waals surface area contributed by atoms with Crippen LogP contribution in [-0.2, 0) is 40.5 Å². The van der Waals surface area contributed by atoms with Crippen LogP contribution < -0.4 is 10.2 Å². The van der Waals surface area contributed by atoms with Gasteiger partial charge in [0.1, 0.15) is 11.8 Å². The van der Waals surface area contributed by atoms with Crippen molar-refractivity contribution in [1.82, 2.24) is 14.7 Å². The van der Waals surface area contributed by atoms with Gasteiger partial charge in [0.05, 0.1) is 31.8 Å². The first-order valence-corrected chi connectivity index (χ1v) is 20.7. The predicted octanol–water partition coefficient (Wildman–Crippen LogP) is 6.28. The van der Waals surface area contributed by atoms with Gasteiger partial charge in [0.15, 0.2) is 5.60 Å². The molecule has 0 radical (unpaired) electrons. The maximum Gasteiger partial charge on any atom is 0.262 e. The first-order valence-electron chi connectivity index (χ1n) is 18.1. The molecule has 1 aliphatic rings. The van der Waals surface area contributed by atoms with E-state index in [1.807, 2.05) is 121 Å². The zero-order valence-corrected chi connectivity index (χ0v) is 32.3. The van der Waals surface area contributed by atoms with Gasteiger partial charge >= 0.3 is 0 Å². The number of methoxy groups -OCH3 is 1. The van der Waals surface area contributed by atoms with E-state index in [-0.39, 0.29) is 11.3 Å². The van der Waals surface area contributed by atoms with Gasteiger partial charge < -0.3 is 14.4 Å². The molecule has 5 aromatic carbocycles. The molecule has 1 N–H and O–H groups in total. The van der Waals surface area contributed by atoms with Gasteiger partial charge in [-0.25, -0.2) is 13.9 Å². The third-order valence-corrected chi connectivity index (χ3v) is 12.4. The number of sulfonamides is 1. The molecule has 1 unspecified atom stereocenters. The molecule has 0 bridgehead atoms. The Kier molecular flexibility index (Phi) is 13.8. The van der Waals surface area contributed by atoms with Crippen LogP contribution in [-0.4, -0.2) is 81.2 Å². The Labute approximate surface area is 327 Å². The van der Waals surface area contributed by atoms with Crippen molar-refractivity contribution in [2.75, 3.05) is 45.7 Å². The van der Waals surface area contributed by atoms with Crippen molar-refractivity contribution in [3.05, 3.63) is 168 Å². The number of hydroxylamine groups is 1. The Hall–Kier alpha value is -4.98. The highest BCUT2D eigenvalue weighted by molar-refractivity contribution is 7.98. The second-order valence-electron chi connectivity index (χ2n) is 12.9. The van der Waals surface area contributed by atoms with Gasteiger partial charge in [-0.15, -0.1) is 0 Å². The number of hydrogen-bond acceptors (Lipinski definition) is 8. The van der Waals surface area contributed by atoms with E-state index < -0.39 is 40.0 Å². The van der Waals surface area contributed by atoms with Crippen molar-refractivity contribution < 1.29 is 32.3 Å². The molecule has 1 atom stereocenters. The summed E-state index contributed by atoms with van der Waals surface area (Å²) in [5.74, 6) is 0.397. The highest BCUT2D eigenvalue weighted by Crippen LogP contribution is 2.40. The lowest BCUT2D eigenvalue weighted by Crippen LogP contribution is -2.55. The van der Waals surface area contributed by atoms with Gasteiger partial charge in [0, 0.05) is 18.8 Å². The van der Waals surface area contributed by atoms with Crippen LogP contribution in [0.2, 0.25) is 0 Å². The lowest BCUT2D eigenvalue weighted by atomic mass is 9.80. The molecular weight excluding hydrogens is 735 g/mol. The molecule has 0 aromatic heterocycles. The lowest BCUT2D eigenvalue weighted by Gasteiger charge is -2.37. The van der Waals surface area contributed by atoms with E-state index in [0.29, 0.717) is 43.6 Å². The fraction of sp³-hybridized carbons (Fsp3) is 0.256. The number of nitrogens with zero attached hydrogens (tertiary/aromatic N) is 2. The molecule has 1 aliphatic heterocycles. The number of ether oxygens (including phenoxy) is 2. The van der Waals surface area contributed by atoms with Crippen LogP contribution in [0, 0.1) is 0 Å². The standard InChI is InChI=1S/C43H45N3O7S2/c1-51-38-22-24-39(25-23-38)55(49,50)46(32-41(47)45-27-29-52-30-28-45)40(26-31-54-33-34-14-6-2-7-15-34)42(48)44-53-43(35-16-8-3-9-17-35,36-18-10-4-11-19-36)37-20-12-5-13-21-37/h2-25,40H,26-33H2,1H3,(H,44,48). The quantitative estimate of drug-likeness (QED) is 0.0668. The highest BCUT2D eigenvalue weighted by atomic mass is 32.2. The molecule has 1 saturated heterocycles. The minimum atomic E-state index is -4.43. The lowest BCUT2D eigenvalue weighted by molar-refractivity contribution is -0.148. The molecule has 1 fully saturated rings. The van der Waals surface area contributed by atoms with Crippen molar-refractivity contribution in [3.8, 4) is 5.75 Å². The van der Waals surface area contributed by atoms with E-state index in [4.69, 9.17) is 14.3 Å². The number of hydrogen-bond donors (Lipinski definition) is 1. The number of morpholine rings is 1. The van der Waals surface area contributed by atoms with Gasteiger partial charge in [0.25, 0.3) is 5.91 Å². The number of carbonyl (C=O) groups is 2. The maximum absolute atomic E-state index is 14.8. The summed E-state index contributed by atoms with van der Waals surface area (Å²) in [7, 11) is -2.94. The average molecular weight is 780 g/mol. The summed E-state index contributed by atoms with van der Waals surface area (Å²) >= 11 is 1.57. The Morgan fingerprint density at radius 2 is 1.29 bits per heavy atom. The molecular formula is C43H45N3O7S2. The number of amides is 2. The Morgan fingerprint density at radius 3 is 1.80 bits per heavy atom. The van der Waals surface area contributed by atoms with Gasteiger partial charge in [-0.3, -0.25) is 14.4 Å². The molecule has 55 heavy (non-hydrogen) atoms. The summed E-state index contributed by atoms with van der Waals surface area (Å²) in [5.41, 5.74) is 4.74. The molecule has 0 saturated carbocycles. The van der Waals surface area contributed by atoms with Crippen molar-refractivity contribution >= 4 is 33.6 Å². The summed E-state index contributed by atoms with van der Waals surface area (Å²) in [6.45, 7) is 0.750. The van der Waals surface area contributed by atoms with Crippen molar-refractivity contribution in [1.29, 1.82) is 0 Å². The second-order valence-corrected chi connectivity index (χ2v) is 15.9. The normalized spacial score (nSPS) is 14.0. The SMILES string of the molecule is COc1ccc(S(=O)(=O)N(CC(=O)N2CCOCC2)C(CCSCc2ccccc2)C(=O)NOC(c2ccccc2)(c2ccccc2)c2ccccc2)cc1. The smallest absolute Gasteiger partial charge is 0.262 e. The number of carbonyl (C=O) groups excluding carboxylic acids is 2. The van der Waals surface area contributed by atoms with Crippen LogP contribution in [0.25, 0.3) is 0 Å². The number of rotatable bonds is 17. The number of thioether (sulfide) groups is 1. The van der Waals surface area contributed by atoms with Crippen LogP contribution >= 0.6 is 11.8 Å². The van der Waals surface area contributed by atoms with E-state index in [0.717, 1.165) is 26.6 Å². The summed E-state index contributed by atoms with van der Waals surface area (Å²) in [5, 5.41) is 0. The van der Waals surface area contributed by atoms with Gasteiger partial charge in [-0.05, 0) is 58.7 Å². The largest absolute Gasteiger partial charge is 0.497 e. The van der Waals surface area contributed by atoms with Crippen molar-refractivity contribution in [3.63, 3.8) is 0 Å². The van der Waals surface area contributed by atoms with Crippen LogP contribution in [0.4, 0.5) is 0 Å². The topological polar surface area (TPSA) is 114 Å². The molecule has 2 amide bonds. The van der Waals surface area contributed by atoms with Crippen LogP contribution in [0.1, 0.15) is 28.7 Å². The van der Waals surface area contributed by atoms with E-state index in [9.17, 15) is 18.0 Å². The second kappa shape index (κ2) is 19.1. The molecule has 0 aliphatic carbocycles. The van der Waals surface area contributed by atoms with E-state index in [2.05, 4.69) is 5.48 Å². The van der Waals surface area contributed by atoms with Gasteiger partial charge in [0.2, 0.25) is 15.9 Å². The Bertz CT molecular complexity index is 1970. The maximum atomic E-state index is 14.8. The molecule has 286 valence electrons. The minimum absolute atomic E-state index is 0.0778. The zero-order chi connectivity index (χ0) is 38.5. The Balaban J connectivity index is 1.39. The first-order chi connectivity index (χ1) is 26.8. The van der Waals surface area contributed by atoms with Crippen LogP contribution in [0.5, 0.6) is 5.75 Å². The van der Waals surface area contributed by atoms with Crippen molar-refractivity contribution in [2.45, 2.75) is 28.7 Å². The summed E-state index contributed by atoms with van der Waals surface area (Å²) < 4.78 is 41.1. The number of nitrogens with one attached hydrogen (secondary N) is 1. The van der Waals surface area contributed by atoms with Gasteiger partial charge in [-0.2, -0.15) is 16.1 Å². The van der Waals surface area contributed by atoms with E-state index in [1.165, 1.54) is 31.4 Å². The average Bonchev–Trinajstić information content (AvgIpc) is 3.25. The molecule has 10 nitrogen and oxygen atoms in total.